The zero-order valence-corrected chi connectivity index (χ0v) is 11.9. The molecular weight excluding hydrogens is 268 g/mol. The van der Waals surface area contributed by atoms with Crippen LogP contribution in [0.25, 0.3) is 0 Å². The summed E-state index contributed by atoms with van der Waals surface area (Å²) in [5.74, 6) is -1.55. The first-order valence-electron chi connectivity index (χ1n) is 5.82. The highest BCUT2D eigenvalue weighted by atomic mass is 35.5. The summed E-state index contributed by atoms with van der Waals surface area (Å²) in [7, 11) is 1.55. The van der Waals surface area contributed by atoms with E-state index < -0.39 is 11.9 Å². The second-order valence-electron chi connectivity index (χ2n) is 4.51. The van der Waals surface area contributed by atoms with Gasteiger partial charge in [-0.3, -0.25) is 4.79 Å². The molecule has 0 saturated carbocycles. The zero-order chi connectivity index (χ0) is 14.6. The fourth-order valence-corrected chi connectivity index (χ4v) is 1.64. The molecule has 0 aliphatic rings. The normalized spacial score (nSPS) is 11.8. The molecule has 2 amide bonds. The van der Waals surface area contributed by atoms with Crippen molar-refractivity contribution in [2.45, 2.75) is 13.8 Å². The monoisotopic (exact) mass is 284 g/mol. The van der Waals surface area contributed by atoms with Crippen molar-refractivity contribution in [1.29, 1.82) is 0 Å². The molecule has 6 heteroatoms. The Morgan fingerprint density at radius 2 is 2.11 bits per heavy atom. The summed E-state index contributed by atoms with van der Waals surface area (Å²) in [4.78, 5) is 23.9. The fourth-order valence-electron chi connectivity index (χ4n) is 1.46. The molecule has 0 bridgehead atoms. The molecule has 1 rings (SSSR count). The number of halogens is 1. The topological polar surface area (TPSA) is 69.6 Å². The average Bonchev–Trinajstić information content (AvgIpc) is 2.33. The van der Waals surface area contributed by atoms with Crippen LogP contribution in [0.1, 0.15) is 12.5 Å². The van der Waals surface area contributed by atoms with E-state index in [1.807, 2.05) is 6.92 Å². The van der Waals surface area contributed by atoms with Crippen LogP contribution < -0.4 is 5.32 Å². The first-order valence-corrected chi connectivity index (χ1v) is 6.20. The molecule has 0 heterocycles. The Balaban J connectivity index is 2.63. The van der Waals surface area contributed by atoms with Crippen molar-refractivity contribution >= 4 is 29.3 Å². The van der Waals surface area contributed by atoms with E-state index >= 15 is 0 Å². The first-order chi connectivity index (χ1) is 8.81. The van der Waals surface area contributed by atoms with E-state index in [9.17, 15) is 9.59 Å². The minimum absolute atomic E-state index is 0.140. The maximum absolute atomic E-state index is 11.8. The van der Waals surface area contributed by atoms with Gasteiger partial charge in [-0.1, -0.05) is 24.6 Å². The number of aliphatic carboxylic acids is 1. The lowest BCUT2D eigenvalue weighted by molar-refractivity contribution is -0.141. The van der Waals surface area contributed by atoms with Crippen molar-refractivity contribution in [2.75, 3.05) is 18.9 Å². The Morgan fingerprint density at radius 1 is 1.47 bits per heavy atom. The number of carboxylic acids is 1. The van der Waals surface area contributed by atoms with Gasteiger partial charge in [0.05, 0.1) is 5.92 Å². The van der Waals surface area contributed by atoms with E-state index in [2.05, 4.69) is 5.32 Å². The van der Waals surface area contributed by atoms with E-state index in [1.165, 1.54) is 4.90 Å². The van der Waals surface area contributed by atoms with Gasteiger partial charge >= 0.3 is 12.0 Å². The van der Waals surface area contributed by atoms with Gasteiger partial charge in [0.2, 0.25) is 0 Å². The highest BCUT2D eigenvalue weighted by Crippen LogP contribution is 2.20. The van der Waals surface area contributed by atoms with Crippen molar-refractivity contribution in [1.82, 2.24) is 4.90 Å². The number of amides is 2. The summed E-state index contributed by atoms with van der Waals surface area (Å²) in [6, 6.07) is 4.84. The van der Waals surface area contributed by atoms with Crippen molar-refractivity contribution in [3.8, 4) is 0 Å². The van der Waals surface area contributed by atoms with Crippen molar-refractivity contribution in [3.05, 3.63) is 28.8 Å². The van der Waals surface area contributed by atoms with Gasteiger partial charge in [0.15, 0.2) is 0 Å². The van der Waals surface area contributed by atoms with Crippen LogP contribution in [0.2, 0.25) is 5.02 Å². The average molecular weight is 285 g/mol. The van der Waals surface area contributed by atoms with Crippen molar-refractivity contribution < 1.29 is 14.7 Å². The van der Waals surface area contributed by atoms with Gasteiger partial charge < -0.3 is 15.3 Å². The van der Waals surface area contributed by atoms with Crippen molar-refractivity contribution in [2.24, 2.45) is 5.92 Å². The smallest absolute Gasteiger partial charge is 0.321 e. The number of hydrogen-bond donors (Lipinski definition) is 2. The summed E-state index contributed by atoms with van der Waals surface area (Å²) < 4.78 is 0. The number of carboxylic acid groups (broad SMARTS) is 1. The van der Waals surface area contributed by atoms with Crippen LogP contribution in [0, 0.1) is 12.8 Å². The van der Waals surface area contributed by atoms with Crippen LogP contribution in [0.4, 0.5) is 10.5 Å². The Hall–Kier alpha value is -1.75. The summed E-state index contributed by atoms with van der Waals surface area (Å²) in [5, 5.41) is 12.0. The Bertz CT molecular complexity index is 491. The van der Waals surface area contributed by atoms with Crippen LogP contribution in [0.5, 0.6) is 0 Å². The van der Waals surface area contributed by atoms with Gasteiger partial charge in [-0.05, 0) is 24.6 Å². The second-order valence-corrected chi connectivity index (χ2v) is 4.92. The third kappa shape index (κ3) is 4.44. The molecule has 104 valence electrons. The molecule has 2 N–H and O–H groups in total. The van der Waals surface area contributed by atoms with E-state index in [-0.39, 0.29) is 12.6 Å². The minimum Gasteiger partial charge on any atom is -0.481 e. The lowest BCUT2D eigenvalue weighted by Crippen LogP contribution is -2.36. The molecule has 1 atom stereocenters. The number of anilines is 1. The van der Waals surface area contributed by atoms with E-state index in [0.29, 0.717) is 10.7 Å². The molecule has 1 aromatic carbocycles. The molecule has 1 aromatic rings. The Kier molecular flexibility index (Phi) is 5.18. The Labute approximate surface area is 117 Å². The number of aryl methyl sites for hydroxylation is 1. The molecule has 1 unspecified atom stereocenters. The van der Waals surface area contributed by atoms with Gasteiger partial charge in [0.25, 0.3) is 0 Å². The minimum atomic E-state index is -0.932. The van der Waals surface area contributed by atoms with Crippen LogP contribution in [-0.4, -0.2) is 35.6 Å². The SMILES string of the molecule is Cc1ccc(NC(=O)N(C)CC(C)C(=O)O)cc1Cl. The van der Waals surface area contributed by atoms with Gasteiger partial charge in [-0.15, -0.1) is 0 Å². The molecule has 5 nitrogen and oxygen atoms in total. The number of urea groups is 1. The number of benzene rings is 1. The molecular formula is C13H17ClN2O3. The quantitative estimate of drug-likeness (QED) is 0.893. The van der Waals surface area contributed by atoms with E-state index in [0.717, 1.165) is 5.56 Å². The zero-order valence-electron chi connectivity index (χ0n) is 11.1. The summed E-state index contributed by atoms with van der Waals surface area (Å²) in [5.41, 5.74) is 1.50. The molecule has 0 aliphatic heterocycles. The van der Waals surface area contributed by atoms with Crippen LogP contribution >= 0.6 is 11.6 Å². The largest absolute Gasteiger partial charge is 0.481 e. The first kappa shape index (κ1) is 15.3. The lowest BCUT2D eigenvalue weighted by Gasteiger charge is -2.20. The maximum Gasteiger partial charge on any atom is 0.321 e. The Morgan fingerprint density at radius 3 is 2.63 bits per heavy atom. The predicted octanol–water partition coefficient (Wildman–Crippen LogP) is 2.83. The molecule has 0 radical (unpaired) electrons. The number of nitrogens with one attached hydrogen (secondary N) is 1. The number of carbonyl (C=O) groups excluding carboxylic acids is 1. The van der Waals surface area contributed by atoms with Gasteiger partial charge in [-0.2, -0.15) is 0 Å². The molecule has 0 spiro atoms. The van der Waals surface area contributed by atoms with Gasteiger partial charge in [-0.25, -0.2) is 4.79 Å². The molecule has 0 aliphatic carbocycles. The van der Waals surface area contributed by atoms with Crippen LogP contribution in [0.15, 0.2) is 18.2 Å². The lowest BCUT2D eigenvalue weighted by atomic mass is 10.2. The van der Waals surface area contributed by atoms with Crippen molar-refractivity contribution in [3.63, 3.8) is 0 Å². The summed E-state index contributed by atoms with van der Waals surface area (Å²) >= 11 is 5.96. The molecule has 19 heavy (non-hydrogen) atoms. The van der Waals surface area contributed by atoms with Crippen LogP contribution in [-0.2, 0) is 4.79 Å². The van der Waals surface area contributed by atoms with Gasteiger partial charge in [0, 0.05) is 24.3 Å². The fraction of sp³-hybridized carbons (Fsp3) is 0.385. The third-order valence-electron chi connectivity index (χ3n) is 2.74. The number of hydrogen-bond acceptors (Lipinski definition) is 2. The maximum atomic E-state index is 11.8. The number of rotatable bonds is 4. The standard InChI is InChI=1S/C13H17ClN2O3/c1-8-4-5-10(6-11(8)14)15-13(19)16(3)7-9(2)12(17)18/h4-6,9H,7H2,1-3H3,(H,15,19)(H,17,18). The van der Waals surface area contributed by atoms with Crippen LogP contribution in [0.3, 0.4) is 0 Å². The third-order valence-corrected chi connectivity index (χ3v) is 3.15. The van der Waals surface area contributed by atoms with Gasteiger partial charge in [0.1, 0.15) is 0 Å². The summed E-state index contributed by atoms with van der Waals surface area (Å²) in [6.45, 7) is 3.56. The molecule has 0 saturated heterocycles. The second kappa shape index (κ2) is 6.43. The molecule has 0 fully saturated rings. The van der Waals surface area contributed by atoms with E-state index in [4.69, 9.17) is 16.7 Å². The highest BCUT2D eigenvalue weighted by Gasteiger charge is 2.17. The highest BCUT2D eigenvalue weighted by molar-refractivity contribution is 6.31. The summed E-state index contributed by atoms with van der Waals surface area (Å²) in [6.07, 6.45) is 0. The number of nitrogens with zero attached hydrogens (tertiary/aromatic N) is 1. The predicted molar refractivity (Wildman–Crippen MR) is 74.6 cm³/mol. The number of carbonyl (C=O) groups is 2. The van der Waals surface area contributed by atoms with E-state index in [1.54, 1.807) is 32.2 Å². The molecule has 0 aromatic heterocycles.